The van der Waals surface area contributed by atoms with Gasteiger partial charge in [-0.05, 0) is 44.2 Å². The number of phenols is 3. The second kappa shape index (κ2) is 18.4. The molecule has 202 valence electrons. The molecular formula is C30H52O5. The van der Waals surface area contributed by atoms with E-state index in [1.165, 1.54) is 70.6 Å². The zero-order chi connectivity index (χ0) is 25.9. The molecule has 0 aromatic heterocycles. The van der Waals surface area contributed by atoms with Crippen LogP contribution in [0.4, 0.5) is 0 Å². The molecule has 0 spiro atoms. The van der Waals surface area contributed by atoms with Crippen LogP contribution in [0.1, 0.15) is 153 Å². The average Bonchev–Trinajstić information content (AvgIpc) is 2.83. The number of carbonyl (C=O) groups is 1. The molecule has 1 aromatic carbocycles. The summed E-state index contributed by atoms with van der Waals surface area (Å²) in [7, 11) is 0. The van der Waals surface area contributed by atoms with E-state index < -0.39 is 28.8 Å². The smallest absolute Gasteiger partial charge is 0.338 e. The van der Waals surface area contributed by atoms with Crippen molar-refractivity contribution >= 4 is 5.97 Å². The molecule has 0 radical (unpaired) electrons. The van der Waals surface area contributed by atoms with Gasteiger partial charge in [0.15, 0.2) is 17.2 Å². The molecule has 0 heterocycles. The maximum absolute atomic E-state index is 13.1. The number of aromatic hydroxyl groups is 3. The molecule has 3 N–H and O–H groups in total. The maximum atomic E-state index is 13.1. The standard InChI is InChI=1S/C30H52O5/c1-4-7-9-11-13-14-15-17-19-22-30(20-6-3,21-18-16-12-10-8-5-2)35-29(34)25-23-26(31)28(33)27(32)24-25/h23-24,31-33H,4-22H2,1-3H3. The highest BCUT2D eigenvalue weighted by Gasteiger charge is 2.33. The van der Waals surface area contributed by atoms with Crippen LogP contribution >= 0.6 is 0 Å². The summed E-state index contributed by atoms with van der Waals surface area (Å²) in [5, 5.41) is 29.3. The lowest BCUT2D eigenvalue weighted by atomic mass is 9.85. The fourth-order valence-corrected chi connectivity index (χ4v) is 4.95. The number of unbranched alkanes of at least 4 members (excludes halogenated alkanes) is 13. The lowest BCUT2D eigenvalue weighted by Crippen LogP contribution is -2.35. The molecule has 5 heteroatoms. The van der Waals surface area contributed by atoms with Crippen molar-refractivity contribution in [2.45, 2.75) is 148 Å². The second-order valence-corrected chi connectivity index (χ2v) is 10.3. The lowest BCUT2D eigenvalue weighted by Gasteiger charge is -2.34. The highest BCUT2D eigenvalue weighted by atomic mass is 16.6. The predicted octanol–water partition coefficient (Wildman–Crippen LogP) is 9.17. The van der Waals surface area contributed by atoms with Crippen molar-refractivity contribution in [1.29, 1.82) is 0 Å². The third-order valence-corrected chi connectivity index (χ3v) is 7.04. The Morgan fingerprint density at radius 2 is 1.03 bits per heavy atom. The van der Waals surface area contributed by atoms with Gasteiger partial charge in [-0.1, -0.05) is 111 Å². The van der Waals surface area contributed by atoms with Crippen LogP contribution < -0.4 is 0 Å². The first-order chi connectivity index (χ1) is 16.9. The van der Waals surface area contributed by atoms with E-state index in [0.29, 0.717) is 0 Å². The molecule has 0 amide bonds. The Morgan fingerprint density at radius 3 is 1.43 bits per heavy atom. The third-order valence-electron chi connectivity index (χ3n) is 7.04. The third kappa shape index (κ3) is 12.6. The van der Waals surface area contributed by atoms with Crippen molar-refractivity contribution in [1.82, 2.24) is 0 Å². The highest BCUT2D eigenvalue weighted by Crippen LogP contribution is 2.37. The zero-order valence-corrected chi connectivity index (χ0v) is 22.7. The van der Waals surface area contributed by atoms with E-state index in [1.54, 1.807) is 0 Å². The van der Waals surface area contributed by atoms with Gasteiger partial charge in [-0.15, -0.1) is 0 Å². The van der Waals surface area contributed by atoms with Crippen LogP contribution in [0.15, 0.2) is 12.1 Å². The fraction of sp³-hybridized carbons (Fsp3) is 0.767. The molecule has 5 nitrogen and oxygen atoms in total. The van der Waals surface area contributed by atoms with Crippen molar-refractivity contribution in [2.24, 2.45) is 0 Å². The Morgan fingerprint density at radius 1 is 0.629 bits per heavy atom. The zero-order valence-electron chi connectivity index (χ0n) is 22.7. The SMILES string of the molecule is CCCCCCCCCCCC(CCC)(CCCCCCCC)OC(=O)c1cc(O)c(O)c(O)c1. The second-order valence-electron chi connectivity index (χ2n) is 10.3. The van der Waals surface area contributed by atoms with Crippen LogP contribution in [-0.2, 0) is 4.74 Å². The first-order valence-corrected chi connectivity index (χ1v) is 14.4. The molecule has 0 saturated carbocycles. The van der Waals surface area contributed by atoms with Gasteiger partial charge in [0.25, 0.3) is 0 Å². The van der Waals surface area contributed by atoms with E-state index in [1.807, 2.05) is 0 Å². The minimum atomic E-state index is -0.622. The van der Waals surface area contributed by atoms with Gasteiger partial charge in [0.1, 0.15) is 5.60 Å². The van der Waals surface area contributed by atoms with Crippen molar-refractivity contribution in [3.63, 3.8) is 0 Å². The summed E-state index contributed by atoms with van der Waals surface area (Å²) in [6.45, 7) is 6.59. The lowest BCUT2D eigenvalue weighted by molar-refractivity contribution is -0.0352. The van der Waals surface area contributed by atoms with Crippen LogP contribution in [0.2, 0.25) is 0 Å². The molecule has 0 aliphatic heterocycles. The summed E-state index contributed by atoms with van der Waals surface area (Å²) >= 11 is 0. The van der Waals surface area contributed by atoms with Gasteiger partial charge in [-0.2, -0.15) is 0 Å². The summed E-state index contributed by atoms with van der Waals surface area (Å²) in [4.78, 5) is 13.1. The molecule has 0 bridgehead atoms. The number of hydrogen-bond donors (Lipinski definition) is 3. The van der Waals surface area contributed by atoms with Crippen LogP contribution in [0.3, 0.4) is 0 Å². The van der Waals surface area contributed by atoms with E-state index in [0.717, 1.165) is 63.5 Å². The van der Waals surface area contributed by atoms with Gasteiger partial charge in [0.05, 0.1) is 5.56 Å². The van der Waals surface area contributed by atoms with E-state index >= 15 is 0 Å². The number of rotatable bonds is 21. The van der Waals surface area contributed by atoms with Gasteiger partial charge in [0.2, 0.25) is 0 Å². The molecule has 1 unspecified atom stereocenters. The van der Waals surface area contributed by atoms with Crippen molar-refractivity contribution in [3.05, 3.63) is 17.7 Å². The molecule has 1 rings (SSSR count). The Kier molecular flexibility index (Phi) is 16.3. The van der Waals surface area contributed by atoms with Gasteiger partial charge < -0.3 is 20.1 Å². The average molecular weight is 493 g/mol. The summed E-state index contributed by atoms with van der Waals surface area (Å²) < 4.78 is 6.17. The van der Waals surface area contributed by atoms with E-state index in [-0.39, 0.29) is 5.56 Å². The van der Waals surface area contributed by atoms with Crippen molar-refractivity contribution < 1.29 is 24.9 Å². The predicted molar refractivity (Wildman–Crippen MR) is 144 cm³/mol. The molecular weight excluding hydrogens is 440 g/mol. The Bertz CT molecular complexity index is 679. The Balaban J connectivity index is 2.76. The first-order valence-electron chi connectivity index (χ1n) is 14.4. The fourth-order valence-electron chi connectivity index (χ4n) is 4.95. The molecule has 1 aromatic rings. The number of esters is 1. The van der Waals surface area contributed by atoms with E-state index in [2.05, 4.69) is 20.8 Å². The largest absolute Gasteiger partial charge is 0.504 e. The number of carbonyl (C=O) groups excluding carboxylic acids is 1. The van der Waals surface area contributed by atoms with Crippen LogP contribution in [0.5, 0.6) is 17.2 Å². The maximum Gasteiger partial charge on any atom is 0.338 e. The first kappa shape index (κ1) is 31.1. The van der Waals surface area contributed by atoms with Crippen molar-refractivity contribution in [3.8, 4) is 17.2 Å². The minimum absolute atomic E-state index is 0.0632. The topological polar surface area (TPSA) is 87.0 Å². The highest BCUT2D eigenvalue weighted by molar-refractivity contribution is 5.91. The Hall–Kier alpha value is -1.91. The number of hydrogen-bond acceptors (Lipinski definition) is 5. The quantitative estimate of drug-likeness (QED) is 0.0904. The number of ether oxygens (including phenoxy) is 1. The van der Waals surface area contributed by atoms with Gasteiger partial charge in [0, 0.05) is 0 Å². The number of benzene rings is 1. The summed E-state index contributed by atoms with van der Waals surface area (Å²) in [6, 6.07) is 2.33. The molecule has 35 heavy (non-hydrogen) atoms. The normalized spacial score (nSPS) is 13.0. The molecule has 0 aliphatic rings. The molecule has 1 atom stereocenters. The van der Waals surface area contributed by atoms with Gasteiger partial charge in [-0.25, -0.2) is 4.79 Å². The summed E-state index contributed by atoms with van der Waals surface area (Å²) in [5.74, 6) is -2.21. The van der Waals surface area contributed by atoms with Crippen LogP contribution in [-0.4, -0.2) is 26.9 Å². The van der Waals surface area contributed by atoms with Crippen molar-refractivity contribution in [2.75, 3.05) is 0 Å². The number of phenolic OH excluding ortho intramolecular Hbond substituents is 3. The monoisotopic (exact) mass is 492 g/mol. The molecule has 0 fully saturated rings. The van der Waals surface area contributed by atoms with E-state index in [9.17, 15) is 20.1 Å². The molecule has 0 aliphatic carbocycles. The summed E-state index contributed by atoms with van der Waals surface area (Å²) in [6.07, 6.45) is 21.8. The van der Waals surface area contributed by atoms with Crippen LogP contribution in [0, 0.1) is 0 Å². The van der Waals surface area contributed by atoms with Crippen LogP contribution in [0.25, 0.3) is 0 Å². The van der Waals surface area contributed by atoms with Gasteiger partial charge in [-0.3, -0.25) is 0 Å². The minimum Gasteiger partial charge on any atom is -0.504 e. The van der Waals surface area contributed by atoms with Gasteiger partial charge >= 0.3 is 5.97 Å². The summed E-state index contributed by atoms with van der Waals surface area (Å²) in [5.41, 5.74) is -0.464. The Labute approximate surface area is 214 Å². The molecule has 0 saturated heterocycles. The van der Waals surface area contributed by atoms with E-state index in [4.69, 9.17) is 4.74 Å².